The second kappa shape index (κ2) is 6.72. The minimum atomic E-state index is 0.470. The molecule has 0 amide bonds. The Morgan fingerprint density at radius 2 is 2.00 bits per heavy atom. The summed E-state index contributed by atoms with van der Waals surface area (Å²) < 4.78 is 12.7. The molecule has 1 aromatic carbocycles. The molecule has 1 unspecified atom stereocenters. The standard InChI is InChI=1S/C19H22N4O2/c1-24-17-6-5-13(10-18(17)25-2)15-11-19-21-9-7-16(23(19)22-15)14-4-3-8-20-12-14/h5-7,9-11,14,20H,3-4,8,12H2,1-2H3. The lowest BCUT2D eigenvalue weighted by molar-refractivity contribution is 0.355. The van der Waals surface area contributed by atoms with E-state index in [1.165, 1.54) is 18.5 Å². The highest BCUT2D eigenvalue weighted by Crippen LogP contribution is 2.32. The number of methoxy groups -OCH3 is 2. The molecule has 2 aromatic heterocycles. The average molecular weight is 338 g/mol. The molecule has 0 saturated carbocycles. The molecule has 130 valence electrons. The van der Waals surface area contributed by atoms with Crippen LogP contribution in [0.3, 0.4) is 0 Å². The second-order valence-electron chi connectivity index (χ2n) is 6.28. The minimum Gasteiger partial charge on any atom is -0.493 e. The number of rotatable bonds is 4. The maximum atomic E-state index is 5.41. The molecule has 25 heavy (non-hydrogen) atoms. The molecule has 1 saturated heterocycles. The van der Waals surface area contributed by atoms with Crippen molar-refractivity contribution in [3.05, 3.63) is 42.2 Å². The number of aromatic nitrogens is 3. The highest BCUT2D eigenvalue weighted by Gasteiger charge is 2.19. The van der Waals surface area contributed by atoms with Gasteiger partial charge in [0.1, 0.15) is 0 Å². The van der Waals surface area contributed by atoms with Crippen LogP contribution in [0.2, 0.25) is 0 Å². The van der Waals surface area contributed by atoms with E-state index in [9.17, 15) is 0 Å². The van der Waals surface area contributed by atoms with Gasteiger partial charge in [0.15, 0.2) is 17.1 Å². The van der Waals surface area contributed by atoms with Gasteiger partial charge < -0.3 is 14.8 Å². The zero-order valence-corrected chi connectivity index (χ0v) is 14.5. The molecule has 0 aliphatic carbocycles. The predicted octanol–water partition coefficient (Wildman–Crippen LogP) is 2.88. The van der Waals surface area contributed by atoms with Crippen molar-refractivity contribution in [2.24, 2.45) is 0 Å². The monoisotopic (exact) mass is 338 g/mol. The molecular weight excluding hydrogens is 316 g/mol. The number of piperidine rings is 1. The van der Waals surface area contributed by atoms with E-state index in [0.717, 1.165) is 30.0 Å². The normalized spacial score (nSPS) is 17.6. The van der Waals surface area contributed by atoms with Gasteiger partial charge in [-0.25, -0.2) is 9.50 Å². The van der Waals surface area contributed by atoms with Gasteiger partial charge in [-0.2, -0.15) is 5.10 Å². The first-order valence-corrected chi connectivity index (χ1v) is 8.58. The number of hydrogen-bond acceptors (Lipinski definition) is 5. The van der Waals surface area contributed by atoms with E-state index in [-0.39, 0.29) is 0 Å². The quantitative estimate of drug-likeness (QED) is 0.793. The van der Waals surface area contributed by atoms with Crippen molar-refractivity contribution in [3.8, 4) is 22.8 Å². The Labute approximate surface area is 146 Å². The molecule has 1 aliphatic rings. The highest BCUT2D eigenvalue weighted by molar-refractivity contribution is 5.67. The van der Waals surface area contributed by atoms with Crippen molar-refractivity contribution in [3.63, 3.8) is 0 Å². The Bertz CT molecular complexity index is 884. The van der Waals surface area contributed by atoms with Crippen LogP contribution in [-0.4, -0.2) is 41.9 Å². The van der Waals surface area contributed by atoms with Crippen LogP contribution in [0.15, 0.2) is 36.5 Å². The predicted molar refractivity (Wildman–Crippen MR) is 96.4 cm³/mol. The van der Waals surface area contributed by atoms with E-state index in [4.69, 9.17) is 14.6 Å². The Morgan fingerprint density at radius 1 is 1.12 bits per heavy atom. The molecule has 0 bridgehead atoms. The molecule has 1 fully saturated rings. The van der Waals surface area contributed by atoms with Crippen molar-refractivity contribution in [1.29, 1.82) is 0 Å². The van der Waals surface area contributed by atoms with Crippen LogP contribution in [0.4, 0.5) is 0 Å². The molecule has 6 nitrogen and oxygen atoms in total. The molecule has 6 heteroatoms. The van der Waals surface area contributed by atoms with Crippen molar-refractivity contribution in [2.45, 2.75) is 18.8 Å². The third-order valence-corrected chi connectivity index (χ3v) is 4.78. The van der Waals surface area contributed by atoms with Crippen LogP contribution < -0.4 is 14.8 Å². The van der Waals surface area contributed by atoms with E-state index < -0.39 is 0 Å². The Hall–Kier alpha value is -2.60. The second-order valence-corrected chi connectivity index (χ2v) is 6.28. The van der Waals surface area contributed by atoms with Gasteiger partial charge in [0.05, 0.1) is 25.6 Å². The van der Waals surface area contributed by atoms with Gasteiger partial charge in [-0.3, -0.25) is 0 Å². The van der Waals surface area contributed by atoms with Gasteiger partial charge in [0.2, 0.25) is 0 Å². The SMILES string of the molecule is COc1ccc(-c2cc3nccc(C4CCCNC4)n3n2)cc1OC. The first kappa shape index (κ1) is 15.9. The van der Waals surface area contributed by atoms with Crippen LogP contribution in [0.5, 0.6) is 11.5 Å². The van der Waals surface area contributed by atoms with Gasteiger partial charge >= 0.3 is 0 Å². The molecule has 4 rings (SSSR count). The number of nitrogens with zero attached hydrogens (tertiary/aromatic N) is 3. The van der Waals surface area contributed by atoms with Crippen LogP contribution in [-0.2, 0) is 0 Å². The minimum absolute atomic E-state index is 0.470. The average Bonchev–Trinajstić information content (AvgIpc) is 3.12. The molecular formula is C19H22N4O2. The third-order valence-electron chi connectivity index (χ3n) is 4.78. The highest BCUT2D eigenvalue weighted by atomic mass is 16.5. The molecule has 1 aliphatic heterocycles. The van der Waals surface area contributed by atoms with Crippen molar-refractivity contribution < 1.29 is 9.47 Å². The summed E-state index contributed by atoms with van der Waals surface area (Å²) in [5.74, 6) is 1.88. The Balaban J connectivity index is 1.76. The Kier molecular flexibility index (Phi) is 4.28. The van der Waals surface area contributed by atoms with E-state index in [0.29, 0.717) is 17.4 Å². The fourth-order valence-corrected chi connectivity index (χ4v) is 3.46. The lowest BCUT2D eigenvalue weighted by Gasteiger charge is -2.23. The van der Waals surface area contributed by atoms with Crippen molar-refractivity contribution >= 4 is 5.65 Å². The smallest absolute Gasteiger partial charge is 0.161 e. The van der Waals surface area contributed by atoms with Gasteiger partial charge in [0.25, 0.3) is 0 Å². The first-order valence-electron chi connectivity index (χ1n) is 8.58. The van der Waals surface area contributed by atoms with E-state index in [1.807, 2.05) is 35.0 Å². The summed E-state index contributed by atoms with van der Waals surface area (Å²) in [4.78, 5) is 4.48. The molecule has 3 heterocycles. The zero-order chi connectivity index (χ0) is 17.2. The number of nitrogens with one attached hydrogen (secondary N) is 1. The molecule has 0 spiro atoms. The first-order chi connectivity index (χ1) is 12.3. The van der Waals surface area contributed by atoms with Gasteiger partial charge in [-0.05, 0) is 43.7 Å². The van der Waals surface area contributed by atoms with Crippen LogP contribution >= 0.6 is 0 Å². The largest absolute Gasteiger partial charge is 0.493 e. The zero-order valence-electron chi connectivity index (χ0n) is 14.5. The topological polar surface area (TPSA) is 60.7 Å². The van der Waals surface area contributed by atoms with Crippen molar-refractivity contribution in [2.75, 3.05) is 27.3 Å². The summed E-state index contributed by atoms with van der Waals surface area (Å²) in [7, 11) is 3.28. The Morgan fingerprint density at radius 3 is 2.76 bits per heavy atom. The van der Waals surface area contributed by atoms with Crippen LogP contribution in [0, 0.1) is 0 Å². The molecule has 3 aromatic rings. The third kappa shape index (κ3) is 2.93. The summed E-state index contributed by atoms with van der Waals surface area (Å²) in [5, 5.41) is 8.29. The lowest BCUT2D eigenvalue weighted by atomic mass is 9.96. The van der Waals surface area contributed by atoms with Gasteiger partial charge in [-0.1, -0.05) is 0 Å². The maximum absolute atomic E-state index is 5.41. The molecule has 0 radical (unpaired) electrons. The molecule has 1 N–H and O–H groups in total. The summed E-state index contributed by atoms with van der Waals surface area (Å²) >= 11 is 0. The van der Waals surface area contributed by atoms with Crippen LogP contribution in [0.1, 0.15) is 24.5 Å². The summed E-state index contributed by atoms with van der Waals surface area (Å²) in [6.45, 7) is 2.09. The summed E-state index contributed by atoms with van der Waals surface area (Å²) in [5.41, 5.74) is 3.94. The number of ether oxygens (including phenoxy) is 2. The lowest BCUT2D eigenvalue weighted by Crippen LogP contribution is -2.29. The van der Waals surface area contributed by atoms with E-state index in [2.05, 4.69) is 16.4 Å². The number of fused-ring (bicyclic) bond motifs is 1. The van der Waals surface area contributed by atoms with E-state index in [1.54, 1.807) is 14.2 Å². The summed E-state index contributed by atoms with van der Waals surface area (Å²) in [6.07, 6.45) is 4.25. The van der Waals surface area contributed by atoms with Gasteiger partial charge in [0, 0.05) is 30.3 Å². The fraction of sp³-hybridized carbons (Fsp3) is 0.368. The molecule has 1 atom stereocenters. The summed E-state index contributed by atoms with van der Waals surface area (Å²) in [6, 6.07) is 9.93. The fourth-order valence-electron chi connectivity index (χ4n) is 3.46. The van der Waals surface area contributed by atoms with Crippen LogP contribution in [0.25, 0.3) is 16.9 Å². The van der Waals surface area contributed by atoms with Gasteiger partial charge in [-0.15, -0.1) is 0 Å². The number of hydrogen-bond donors (Lipinski definition) is 1. The maximum Gasteiger partial charge on any atom is 0.161 e. The number of benzene rings is 1. The van der Waals surface area contributed by atoms with Crippen molar-refractivity contribution in [1.82, 2.24) is 19.9 Å². The van der Waals surface area contributed by atoms with E-state index >= 15 is 0 Å².